The van der Waals surface area contributed by atoms with Gasteiger partial charge in [0.25, 0.3) is 0 Å². The van der Waals surface area contributed by atoms with Gasteiger partial charge in [0.15, 0.2) is 0 Å². The highest BCUT2D eigenvalue weighted by Gasteiger charge is 2.07. The first-order chi connectivity index (χ1) is 5.70. The zero-order valence-electron chi connectivity index (χ0n) is 6.70. The van der Waals surface area contributed by atoms with Gasteiger partial charge in [-0.2, -0.15) is 0 Å². The zero-order valence-corrected chi connectivity index (χ0v) is 9.80. The molecule has 0 aromatic heterocycles. The number of benzene rings is 1. The molecule has 0 unspecified atom stereocenters. The summed E-state index contributed by atoms with van der Waals surface area (Å²) in [5.74, 6) is 0.474. The molecule has 1 aromatic carbocycles. The highest BCUT2D eigenvalue weighted by molar-refractivity contribution is 9.10. The molecular weight excluding hydrogens is 259 g/mol. The largest absolute Gasteiger partial charge is 0.121 e. The molecule has 0 aliphatic rings. The Balaban J connectivity index is 3.25. The van der Waals surface area contributed by atoms with Crippen LogP contribution in [0.2, 0.25) is 5.02 Å². The molecule has 0 N–H and O–H groups in total. The third-order valence-corrected chi connectivity index (χ3v) is 3.40. The Hall–Kier alpha value is 0.280. The average Bonchev–Trinajstić information content (AvgIpc) is 2.09. The monoisotopic (exact) mass is 266 g/mol. The van der Waals surface area contributed by atoms with Gasteiger partial charge in [-0.1, -0.05) is 24.6 Å². The quantitative estimate of drug-likeness (QED) is 0.697. The molecule has 1 aromatic rings. The Kier molecular flexibility index (Phi) is 3.88. The Morgan fingerprint density at radius 1 is 1.42 bits per heavy atom. The first-order valence-corrected chi connectivity index (χ1v) is 5.43. The maximum Gasteiger partial charge on any atom is 0.0594 e. The molecule has 12 heavy (non-hydrogen) atoms. The van der Waals surface area contributed by atoms with E-state index < -0.39 is 0 Å². The van der Waals surface area contributed by atoms with Crippen molar-refractivity contribution >= 4 is 39.1 Å². The summed E-state index contributed by atoms with van der Waals surface area (Å²) >= 11 is 15.2. The Morgan fingerprint density at radius 2 is 2.08 bits per heavy atom. The molecule has 0 heterocycles. The fourth-order valence-corrected chi connectivity index (χ4v) is 2.10. The van der Waals surface area contributed by atoms with E-state index in [1.807, 2.05) is 12.1 Å². The van der Waals surface area contributed by atoms with Gasteiger partial charge in [0.05, 0.1) is 5.02 Å². The van der Waals surface area contributed by atoms with Crippen LogP contribution in [-0.2, 0) is 12.3 Å². The lowest BCUT2D eigenvalue weighted by molar-refractivity contribution is 1.10. The fourth-order valence-electron chi connectivity index (χ4n) is 1.11. The topological polar surface area (TPSA) is 0 Å². The summed E-state index contributed by atoms with van der Waals surface area (Å²) in [7, 11) is 0. The minimum atomic E-state index is 0.474. The van der Waals surface area contributed by atoms with E-state index in [4.69, 9.17) is 23.2 Å². The first kappa shape index (κ1) is 10.4. The van der Waals surface area contributed by atoms with Crippen molar-refractivity contribution in [3.05, 3.63) is 32.8 Å². The van der Waals surface area contributed by atoms with Gasteiger partial charge in [0, 0.05) is 10.4 Å². The van der Waals surface area contributed by atoms with Gasteiger partial charge in [-0.05, 0) is 39.5 Å². The summed E-state index contributed by atoms with van der Waals surface area (Å²) in [5, 5.41) is 0.740. The average molecular weight is 268 g/mol. The van der Waals surface area contributed by atoms with E-state index in [0.717, 1.165) is 21.5 Å². The van der Waals surface area contributed by atoms with Crippen LogP contribution in [0.15, 0.2) is 16.6 Å². The molecule has 0 atom stereocenters. The van der Waals surface area contributed by atoms with Crippen LogP contribution >= 0.6 is 39.1 Å². The van der Waals surface area contributed by atoms with E-state index in [0.29, 0.717) is 5.88 Å². The van der Waals surface area contributed by atoms with Crippen LogP contribution in [0.3, 0.4) is 0 Å². The highest BCUT2D eigenvalue weighted by Crippen LogP contribution is 2.30. The normalized spacial score (nSPS) is 10.3. The molecule has 1 rings (SSSR count). The second-order valence-corrected chi connectivity index (χ2v) is 3.99. The van der Waals surface area contributed by atoms with Gasteiger partial charge >= 0.3 is 0 Å². The first-order valence-electron chi connectivity index (χ1n) is 3.72. The number of hydrogen-bond acceptors (Lipinski definition) is 0. The molecule has 0 aliphatic heterocycles. The van der Waals surface area contributed by atoms with Crippen LogP contribution in [0.25, 0.3) is 0 Å². The second-order valence-electron chi connectivity index (χ2n) is 2.49. The lowest BCUT2D eigenvalue weighted by atomic mass is 10.1. The lowest BCUT2D eigenvalue weighted by Gasteiger charge is -2.07. The molecule has 0 spiro atoms. The molecule has 3 heteroatoms. The smallest absolute Gasteiger partial charge is 0.0594 e. The summed E-state index contributed by atoms with van der Waals surface area (Å²) in [4.78, 5) is 0. The summed E-state index contributed by atoms with van der Waals surface area (Å²) in [6, 6.07) is 4.00. The maximum absolute atomic E-state index is 6.05. The molecule has 66 valence electrons. The third kappa shape index (κ3) is 1.95. The molecule has 0 nitrogen and oxygen atoms in total. The van der Waals surface area contributed by atoms with E-state index in [1.54, 1.807) is 0 Å². The predicted molar refractivity (Wildman–Crippen MR) is 58.1 cm³/mol. The minimum absolute atomic E-state index is 0.474. The van der Waals surface area contributed by atoms with E-state index >= 15 is 0 Å². The predicted octanol–water partition coefficient (Wildman–Crippen LogP) is 4.40. The second kappa shape index (κ2) is 4.50. The molecule has 0 radical (unpaired) electrons. The summed E-state index contributed by atoms with van der Waals surface area (Å²) < 4.78 is 0.914. The molecule has 0 aliphatic carbocycles. The van der Waals surface area contributed by atoms with Gasteiger partial charge in [-0.15, -0.1) is 11.6 Å². The molecular formula is C9H9BrCl2. The summed E-state index contributed by atoms with van der Waals surface area (Å²) in [6.45, 7) is 2.09. The number of hydrogen-bond donors (Lipinski definition) is 0. The SMILES string of the molecule is CCc1ccc(Br)c(Cl)c1CCl. The van der Waals surface area contributed by atoms with Gasteiger partial charge in [0.1, 0.15) is 0 Å². The van der Waals surface area contributed by atoms with Crippen molar-refractivity contribution < 1.29 is 0 Å². The van der Waals surface area contributed by atoms with Crippen molar-refractivity contribution in [1.82, 2.24) is 0 Å². The van der Waals surface area contributed by atoms with Crippen LogP contribution in [0.4, 0.5) is 0 Å². The van der Waals surface area contributed by atoms with Gasteiger partial charge in [-0.3, -0.25) is 0 Å². The van der Waals surface area contributed by atoms with Crippen molar-refractivity contribution in [1.29, 1.82) is 0 Å². The van der Waals surface area contributed by atoms with E-state index in [9.17, 15) is 0 Å². The van der Waals surface area contributed by atoms with Gasteiger partial charge in [0.2, 0.25) is 0 Å². The number of aryl methyl sites for hydroxylation is 1. The molecule has 0 amide bonds. The Bertz CT molecular complexity index is 284. The van der Waals surface area contributed by atoms with Crippen molar-refractivity contribution in [2.75, 3.05) is 0 Å². The van der Waals surface area contributed by atoms with Crippen LogP contribution in [0.5, 0.6) is 0 Å². The van der Waals surface area contributed by atoms with Crippen LogP contribution in [0.1, 0.15) is 18.1 Å². The van der Waals surface area contributed by atoms with Crippen LogP contribution < -0.4 is 0 Å². The lowest BCUT2D eigenvalue weighted by Crippen LogP contribution is -1.91. The van der Waals surface area contributed by atoms with Crippen molar-refractivity contribution in [2.24, 2.45) is 0 Å². The van der Waals surface area contributed by atoms with E-state index in [-0.39, 0.29) is 0 Å². The van der Waals surface area contributed by atoms with Gasteiger partial charge in [-0.25, -0.2) is 0 Å². The van der Waals surface area contributed by atoms with Crippen LogP contribution in [0, 0.1) is 0 Å². The standard InChI is InChI=1S/C9H9BrCl2/c1-2-6-3-4-8(10)9(12)7(6)5-11/h3-4H,2,5H2,1H3. The van der Waals surface area contributed by atoms with Crippen molar-refractivity contribution in [3.63, 3.8) is 0 Å². The van der Waals surface area contributed by atoms with E-state index in [1.165, 1.54) is 5.56 Å². The summed E-state index contributed by atoms with van der Waals surface area (Å²) in [6.07, 6.45) is 0.967. The number of rotatable bonds is 2. The van der Waals surface area contributed by atoms with Crippen molar-refractivity contribution in [2.45, 2.75) is 19.2 Å². The summed E-state index contributed by atoms with van der Waals surface area (Å²) in [5.41, 5.74) is 2.26. The molecule has 0 saturated carbocycles. The molecule has 0 fully saturated rings. The molecule has 0 bridgehead atoms. The highest BCUT2D eigenvalue weighted by atomic mass is 79.9. The fraction of sp³-hybridized carbons (Fsp3) is 0.333. The zero-order chi connectivity index (χ0) is 9.14. The van der Waals surface area contributed by atoms with Crippen LogP contribution in [-0.4, -0.2) is 0 Å². The van der Waals surface area contributed by atoms with Gasteiger partial charge < -0.3 is 0 Å². The van der Waals surface area contributed by atoms with E-state index in [2.05, 4.69) is 22.9 Å². The minimum Gasteiger partial charge on any atom is -0.121 e. The maximum atomic E-state index is 6.05. The number of alkyl halides is 1. The number of halogens is 3. The Labute approximate surface area is 91.0 Å². The molecule has 0 saturated heterocycles. The third-order valence-electron chi connectivity index (χ3n) is 1.81. The van der Waals surface area contributed by atoms with Crippen molar-refractivity contribution in [3.8, 4) is 0 Å². The Morgan fingerprint density at radius 3 is 2.58 bits per heavy atom.